The smallest absolute Gasteiger partial charge is 0.252 e. The van der Waals surface area contributed by atoms with E-state index >= 15 is 0 Å². The SMILES string of the molecule is CC[C@@H]1CN(C(=O)C(C)O)CC[C@H]1Nc1c(C(N)=O)cnn2cc(-c3cnn(C)c3)cc12. The molecule has 3 atom stereocenters. The second-order valence-corrected chi connectivity index (χ2v) is 8.43. The van der Waals surface area contributed by atoms with E-state index in [9.17, 15) is 14.7 Å². The molecule has 1 saturated heterocycles. The summed E-state index contributed by atoms with van der Waals surface area (Å²) >= 11 is 0. The zero-order valence-corrected chi connectivity index (χ0v) is 18.5. The highest BCUT2D eigenvalue weighted by atomic mass is 16.3. The summed E-state index contributed by atoms with van der Waals surface area (Å²) in [5.74, 6) is -0.645. The van der Waals surface area contributed by atoms with Gasteiger partial charge in [-0.2, -0.15) is 10.2 Å². The van der Waals surface area contributed by atoms with Crippen LogP contribution in [0.2, 0.25) is 0 Å². The zero-order valence-electron chi connectivity index (χ0n) is 18.5. The van der Waals surface area contributed by atoms with Gasteiger partial charge in [-0.1, -0.05) is 6.92 Å². The summed E-state index contributed by atoms with van der Waals surface area (Å²) in [5.41, 5.74) is 9.26. The van der Waals surface area contributed by atoms with E-state index in [-0.39, 0.29) is 17.9 Å². The van der Waals surface area contributed by atoms with Crippen molar-refractivity contribution in [2.75, 3.05) is 18.4 Å². The van der Waals surface area contributed by atoms with Crippen molar-refractivity contribution in [1.29, 1.82) is 0 Å². The number of nitrogens with one attached hydrogen (secondary N) is 1. The number of primary amides is 1. The van der Waals surface area contributed by atoms with Gasteiger partial charge in [0.1, 0.15) is 6.10 Å². The molecule has 10 nitrogen and oxygen atoms in total. The van der Waals surface area contributed by atoms with Gasteiger partial charge in [0, 0.05) is 49.7 Å². The number of amides is 2. The molecule has 32 heavy (non-hydrogen) atoms. The van der Waals surface area contributed by atoms with E-state index in [1.165, 1.54) is 13.1 Å². The van der Waals surface area contributed by atoms with E-state index in [0.717, 1.165) is 23.1 Å². The molecule has 4 rings (SSSR count). The molecular formula is C22H29N7O3. The van der Waals surface area contributed by atoms with Gasteiger partial charge >= 0.3 is 0 Å². The zero-order chi connectivity index (χ0) is 23.0. The summed E-state index contributed by atoms with van der Waals surface area (Å²) in [6.45, 7) is 4.65. The predicted octanol–water partition coefficient (Wildman–Crippen LogP) is 1.25. The van der Waals surface area contributed by atoms with Crippen molar-refractivity contribution in [3.63, 3.8) is 0 Å². The topological polar surface area (TPSA) is 131 Å². The Kier molecular flexibility index (Phi) is 5.88. The molecule has 0 aromatic carbocycles. The molecule has 1 fully saturated rings. The molecule has 4 N–H and O–H groups in total. The minimum absolute atomic E-state index is 0.0408. The monoisotopic (exact) mass is 439 g/mol. The number of rotatable bonds is 6. The number of aliphatic hydroxyl groups is 1. The van der Waals surface area contributed by atoms with E-state index in [1.807, 2.05) is 25.5 Å². The van der Waals surface area contributed by atoms with Gasteiger partial charge in [0.25, 0.3) is 11.8 Å². The highest BCUT2D eigenvalue weighted by molar-refractivity contribution is 6.02. The van der Waals surface area contributed by atoms with Gasteiger partial charge in [-0.15, -0.1) is 0 Å². The lowest BCUT2D eigenvalue weighted by Gasteiger charge is -2.39. The number of hydrogen-bond acceptors (Lipinski definition) is 6. The Bertz CT molecular complexity index is 1150. The van der Waals surface area contributed by atoms with E-state index in [0.29, 0.717) is 30.8 Å². The van der Waals surface area contributed by atoms with Crippen molar-refractivity contribution in [2.24, 2.45) is 18.7 Å². The standard InChI is InChI=1S/C22H29N7O3/c1-4-14-11-28(22(32)13(2)30)6-5-18(14)26-20-17(21(23)31)9-25-29-12-15(7-19(20)29)16-8-24-27(3)10-16/h7-10,12-14,18,26,30H,4-6,11H2,1-3H3,(H2,23,31)/t13?,14-,18-/m1/s1. The van der Waals surface area contributed by atoms with Crippen molar-refractivity contribution < 1.29 is 14.7 Å². The average Bonchev–Trinajstić information content (AvgIpc) is 3.39. The van der Waals surface area contributed by atoms with Gasteiger partial charge in [0.2, 0.25) is 0 Å². The Labute approximate surface area is 186 Å². The van der Waals surface area contributed by atoms with Crippen LogP contribution in [0.15, 0.2) is 30.9 Å². The van der Waals surface area contributed by atoms with Crippen molar-refractivity contribution >= 4 is 23.0 Å². The van der Waals surface area contributed by atoms with Crippen LogP contribution in [0.3, 0.4) is 0 Å². The normalized spacial score (nSPS) is 19.8. The first kappa shape index (κ1) is 21.8. The molecule has 0 bridgehead atoms. The Morgan fingerprint density at radius 3 is 2.69 bits per heavy atom. The minimum atomic E-state index is -1.01. The number of nitrogens with zero attached hydrogens (tertiary/aromatic N) is 5. The molecule has 4 heterocycles. The van der Waals surface area contributed by atoms with E-state index in [4.69, 9.17) is 5.73 Å². The van der Waals surface area contributed by atoms with E-state index in [2.05, 4.69) is 22.4 Å². The lowest BCUT2D eigenvalue weighted by Crippen LogP contribution is -2.50. The van der Waals surface area contributed by atoms with Gasteiger partial charge in [-0.3, -0.25) is 14.3 Å². The molecule has 0 aliphatic carbocycles. The molecule has 0 saturated carbocycles. The Hall–Kier alpha value is -3.40. The number of carbonyl (C=O) groups is 2. The number of hydrogen-bond donors (Lipinski definition) is 3. The number of piperidine rings is 1. The van der Waals surface area contributed by atoms with Gasteiger partial charge < -0.3 is 21.1 Å². The van der Waals surface area contributed by atoms with Crippen molar-refractivity contribution in [3.05, 3.63) is 36.4 Å². The minimum Gasteiger partial charge on any atom is -0.384 e. The number of anilines is 1. The maximum absolute atomic E-state index is 12.3. The fraction of sp³-hybridized carbons (Fsp3) is 0.455. The maximum atomic E-state index is 12.3. The largest absolute Gasteiger partial charge is 0.384 e. The molecule has 3 aromatic heterocycles. The average molecular weight is 440 g/mol. The predicted molar refractivity (Wildman–Crippen MR) is 120 cm³/mol. The van der Waals surface area contributed by atoms with Gasteiger partial charge in [-0.05, 0) is 31.7 Å². The lowest BCUT2D eigenvalue weighted by molar-refractivity contribution is -0.141. The van der Waals surface area contributed by atoms with Gasteiger partial charge in [0.15, 0.2) is 0 Å². The molecule has 1 aliphatic heterocycles. The third-order valence-corrected chi connectivity index (χ3v) is 6.20. The molecule has 1 aliphatic rings. The van der Waals surface area contributed by atoms with E-state index in [1.54, 1.807) is 20.3 Å². The van der Waals surface area contributed by atoms with Crippen LogP contribution in [0.25, 0.3) is 16.6 Å². The molecule has 0 radical (unpaired) electrons. The number of fused-ring (bicyclic) bond motifs is 1. The summed E-state index contributed by atoms with van der Waals surface area (Å²) in [5, 5.41) is 21.8. The van der Waals surface area contributed by atoms with Crippen LogP contribution in [-0.2, 0) is 11.8 Å². The second kappa shape index (κ2) is 8.62. The number of aromatic nitrogens is 4. The lowest BCUT2D eigenvalue weighted by atomic mass is 9.89. The number of aryl methyl sites for hydroxylation is 1. The molecule has 0 spiro atoms. The summed E-state index contributed by atoms with van der Waals surface area (Å²) in [6.07, 6.45) is 7.60. The van der Waals surface area contributed by atoms with E-state index < -0.39 is 12.0 Å². The van der Waals surface area contributed by atoms with Crippen LogP contribution >= 0.6 is 0 Å². The van der Waals surface area contributed by atoms with Crippen LogP contribution in [0.1, 0.15) is 37.0 Å². The fourth-order valence-corrected chi connectivity index (χ4v) is 4.41. The quantitative estimate of drug-likeness (QED) is 0.530. The fourth-order valence-electron chi connectivity index (χ4n) is 4.41. The first-order chi connectivity index (χ1) is 15.3. The third kappa shape index (κ3) is 4.05. The van der Waals surface area contributed by atoms with Gasteiger partial charge in [-0.25, -0.2) is 4.52 Å². The molecular weight excluding hydrogens is 410 g/mol. The Morgan fingerprint density at radius 1 is 1.28 bits per heavy atom. The summed E-state index contributed by atoms with van der Waals surface area (Å²) in [7, 11) is 1.86. The summed E-state index contributed by atoms with van der Waals surface area (Å²) < 4.78 is 3.46. The number of carbonyl (C=O) groups excluding carboxylic acids is 2. The highest BCUT2D eigenvalue weighted by Crippen LogP contribution is 2.31. The number of nitrogens with two attached hydrogens (primary N) is 1. The molecule has 10 heteroatoms. The Morgan fingerprint density at radius 2 is 2.06 bits per heavy atom. The van der Waals surface area contributed by atoms with Crippen LogP contribution in [0.5, 0.6) is 0 Å². The molecule has 3 aromatic rings. The van der Waals surface area contributed by atoms with Crippen molar-refractivity contribution in [1.82, 2.24) is 24.3 Å². The first-order valence-electron chi connectivity index (χ1n) is 10.8. The summed E-state index contributed by atoms with van der Waals surface area (Å²) in [6, 6.07) is 2.00. The molecule has 1 unspecified atom stereocenters. The second-order valence-electron chi connectivity index (χ2n) is 8.43. The summed E-state index contributed by atoms with van der Waals surface area (Å²) in [4.78, 5) is 26.2. The number of aliphatic hydroxyl groups excluding tert-OH is 1. The van der Waals surface area contributed by atoms with Crippen LogP contribution in [0, 0.1) is 5.92 Å². The maximum Gasteiger partial charge on any atom is 0.252 e. The van der Waals surface area contributed by atoms with Crippen LogP contribution < -0.4 is 11.1 Å². The van der Waals surface area contributed by atoms with Crippen LogP contribution in [-0.4, -0.2) is 66.5 Å². The van der Waals surface area contributed by atoms with Crippen molar-refractivity contribution in [2.45, 2.75) is 38.8 Å². The van der Waals surface area contributed by atoms with Crippen LogP contribution in [0.4, 0.5) is 5.69 Å². The third-order valence-electron chi connectivity index (χ3n) is 6.20. The van der Waals surface area contributed by atoms with Gasteiger partial charge in [0.05, 0.1) is 29.2 Å². The first-order valence-corrected chi connectivity index (χ1v) is 10.8. The number of likely N-dealkylation sites (tertiary alicyclic amines) is 1. The molecule has 170 valence electrons. The Balaban J connectivity index is 1.68. The van der Waals surface area contributed by atoms with Crippen molar-refractivity contribution in [3.8, 4) is 11.1 Å². The highest BCUT2D eigenvalue weighted by Gasteiger charge is 2.32. The molecule has 2 amide bonds.